The van der Waals surface area contributed by atoms with E-state index in [1.165, 1.54) is 16.7 Å². The van der Waals surface area contributed by atoms with Crippen LogP contribution in [0.5, 0.6) is 0 Å². The maximum atomic E-state index is 5.91. The average Bonchev–Trinajstić information content (AvgIpc) is 3.41. The average molecular weight is 408 g/mol. The van der Waals surface area contributed by atoms with Crippen molar-refractivity contribution in [3.8, 4) is 22.5 Å². The van der Waals surface area contributed by atoms with Crippen molar-refractivity contribution in [2.24, 2.45) is 0 Å². The van der Waals surface area contributed by atoms with Crippen LogP contribution in [0, 0.1) is 6.92 Å². The third-order valence-electron chi connectivity index (χ3n) is 5.38. The molecule has 0 spiro atoms. The summed E-state index contributed by atoms with van der Waals surface area (Å²) < 4.78 is 16.3. The van der Waals surface area contributed by atoms with Gasteiger partial charge in [-0.05, 0) is 30.0 Å². The molecule has 1 aromatic heterocycles. The molecule has 1 fully saturated rings. The summed E-state index contributed by atoms with van der Waals surface area (Å²) in [4.78, 5) is 6.74. The van der Waals surface area contributed by atoms with Crippen LogP contribution in [-0.4, -0.2) is 54.1 Å². The lowest BCUT2D eigenvalue weighted by molar-refractivity contribution is 0.0117. The third kappa shape index (κ3) is 5.33. The summed E-state index contributed by atoms with van der Waals surface area (Å²) in [5.74, 6) is 1.20. The smallest absolute Gasteiger partial charge is 0.223 e. The molecule has 1 aliphatic heterocycles. The molecule has 6 heteroatoms. The van der Waals surface area contributed by atoms with Gasteiger partial charge in [0.15, 0.2) is 0 Å². The van der Waals surface area contributed by atoms with Crippen LogP contribution in [0.15, 0.2) is 53.1 Å². The van der Waals surface area contributed by atoms with E-state index in [0.29, 0.717) is 31.0 Å². The molecular formula is C24H29N3O3. The van der Waals surface area contributed by atoms with Gasteiger partial charge in [0.25, 0.3) is 0 Å². The third-order valence-corrected chi connectivity index (χ3v) is 5.38. The standard InChI is InChI=1S/C24H29N3O3/c1-3-28-14-15-29-23-12-13-27(17-23)16-19-4-6-20(7-5-19)21-8-10-22(11-9-21)24-25-18(2)30-26-24/h4-11,23H,3,12-17H2,1-2H3. The summed E-state index contributed by atoms with van der Waals surface area (Å²) in [6, 6.07) is 17.1. The second-order valence-electron chi connectivity index (χ2n) is 7.62. The van der Waals surface area contributed by atoms with Crippen molar-refractivity contribution >= 4 is 0 Å². The molecule has 2 aromatic carbocycles. The molecule has 2 heterocycles. The van der Waals surface area contributed by atoms with E-state index in [9.17, 15) is 0 Å². The van der Waals surface area contributed by atoms with Crippen molar-refractivity contribution in [2.75, 3.05) is 32.9 Å². The van der Waals surface area contributed by atoms with Crippen molar-refractivity contribution in [3.63, 3.8) is 0 Å². The largest absolute Gasteiger partial charge is 0.379 e. The Hall–Kier alpha value is -2.54. The number of nitrogens with zero attached hydrogens (tertiary/aromatic N) is 3. The summed E-state index contributed by atoms with van der Waals surface area (Å²) in [6.45, 7) is 8.96. The van der Waals surface area contributed by atoms with Crippen LogP contribution in [0.4, 0.5) is 0 Å². The molecule has 1 aliphatic rings. The van der Waals surface area contributed by atoms with Gasteiger partial charge >= 0.3 is 0 Å². The number of aromatic nitrogens is 2. The predicted octanol–water partition coefficient (Wildman–Crippen LogP) is 4.34. The number of rotatable bonds is 9. The highest BCUT2D eigenvalue weighted by Gasteiger charge is 2.22. The molecule has 0 bridgehead atoms. The van der Waals surface area contributed by atoms with E-state index >= 15 is 0 Å². The van der Waals surface area contributed by atoms with Gasteiger partial charge in [-0.25, -0.2) is 0 Å². The Balaban J connectivity index is 1.30. The number of hydrogen-bond donors (Lipinski definition) is 0. The van der Waals surface area contributed by atoms with Crippen LogP contribution in [0.2, 0.25) is 0 Å². The van der Waals surface area contributed by atoms with Crippen LogP contribution < -0.4 is 0 Å². The first-order valence-electron chi connectivity index (χ1n) is 10.6. The van der Waals surface area contributed by atoms with Crippen LogP contribution in [-0.2, 0) is 16.0 Å². The summed E-state index contributed by atoms with van der Waals surface area (Å²) in [5.41, 5.74) is 4.66. The summed E-state index contributed by atoms with van der Waals surface area (Å²) in [6.07, 6.45) is 1.42. The molecule has 158 valence electrons. The fourth-order valence-electron chi connectivity index (χ4n) is 3.78. The maximum absolute atomic E-state index is 5.91. The highest BCUT2D eigenvalue weighted by Crippen LogP contribution is 2.24. The van der Waals surface area contributed by atoms with Crippen molar-refractivity contribution in [2.45, 2.75) is 32.9 Å². The Labute approximate surface area is 177 Å². The van der Waals surface area contributed by atoms with E-state index < -0.39 is 0 Å². The quantitative estimate of drug-likeness (QED) is 0.492. The van der Waals surface area contributed by atoms with Gasteiger partial charge in [-0.2, -0.15) is 4.98 Å². The SMILES string of the molecule is CCOCCOC1CCN(Cc2ccc(-c3ccc(-c4noc(C)n4)cc3)cc2)C1. The zero-order chi connectivity index (χ0) is 20.8. The first-order chi connectivity index (χ1) is 14.7. The zero-order valence-corrected chi connectivity index (χ0v) is 17.7. The van der Waals surface area contributed by atoms with E-state index in [-0.39, 0.29) is 0 Å². The molecule has 4 rings (SSSR count). The van der Waals surface area contributed by atoms with Gasteiger partial charge in [-0.3, -0.25) is 4.90 Å². The van der Waals surface area contributed by atoms with Crippen LogP contribution in [0.3, 0.4) is 0 Å². The van der Waals surface area contributed by atoms with E-state index in [0.717, 1.165) is 38.2 Å². The Bertz CT molecular complexity index is 922. The molecule has 6 nitrogen and oxygen atoms in total. The Morgan fingerprint density at radius 1 is 1.00 bits per heavy atom. The van der Waals surface area contributed by atoms with Crippen molar-refractivity contribution in [1.82, 2.24) is 15.0 Å². The van der Waals surface area contributed by atoms with Gasteiger partial charge in [0.1, 0.15) is 0 Å². The van der Waals surface area contributed by atoms with Gasteiger partial charge in [0, 0.05) is 38.7 Å². The van der Waals surface area contributed by atoms with Crippen LogP contribution in [0.25, 0.3) is 22.5 Å². The van der Waals surface area contributed by atoms with Gasteiger partial charge in [0.2, 0.25) is 11.7 Å². The fraction of sp³-hybridized carbons (Fsp3) is 0.417. The van der Waals surface area contributed by atoms with Gasteiger partial charge in [0.05, 0.1) is 19.3 Å². The number of ether oxygens (including phenoxy) is 2. The summed E-state index contributed by atoms with van der Waals surface area (Å²) in [5, 5.41) is 3.97. The minimum Gasteiger partial charge on any atom is -0.379 e. The first-order valence-corrected chi connectivity index (χ1v) is 10.6. The minimum absolute atomic E-state index is 0.325. The molecule has 30 heavy (non-hydrogen) atoms. The van der Waals surface area contributed by atoms with Crippen molar-refractivity contribution < 1.29 is 14.0 Å². The van der Waals surface area contributed by atoms with Crippen LogP contribution in [0.1, 0.15) is 24.8 Å². The molecular weight excluding hydrogens is 378 g/mol. The fourth-order valence-corrected chi connectivity index (χ4v) is 3.78. The van der Waals surface area contributed by atoms with Gasteiger partial charge in [-0.1, -0.05) is 53.7 Å². The summed E-state index contributed by atoms with van der Waals surface area (Å²) >= 11 is 0. The van der Waals surface area contributed by atoms with E-state index in [1.54, 1.807) is 6.92 Å². The number of likely N-dealkylation sites (tertiary alicyclic amines) is 1. The van der Waals surface area contributed by atoms with Gasteiger partial charge < -0.3 is 14.0 Å². The highest BCUT2D eigenvalue weighted by atomic mass is 16.5. The van der Waals surface area contributed by atoms with Crippen LogP contribution >= 0.6 is 0 Å². The Morgan fingerprint density at radius 2 is 1.70 bits per heavy atom. The zero-order valence-electron chi connectivity index (χ0n) is 17.7. The molecule has 0 amide bonds. The van der Waals surface area contributed by atoms with E-state index in [4.69, 9.17) is 14.0 Å². The first kappa shape index (κ1) is 20.7. The topological polar surface area (TPSA) is 60.6 Å². The van der Waals surface area contributed by atoms with E-state index in [1.807, 2.05) is 19.1 Å². The van der Waals surface area contributed by atoms with Gasteiger partial charge in [-0.15, -0.1) is 0 Å². The number of benzene rings is 2. The predicted molar refractivity (Wildman–Crippen MR) is 116 cm³/mol. The monoisotopic (exact) mass is 407 g/mol. The summed E-state index contributed by atoms with van der Waals surface area (Å²) in [7, 11) is 0. The Morgan fingerprint density at radius 3 is 2.37 bits per heavy atom. The molecule has 3 aromatic rings. The lowest BCUT2D eigenvalue weighted by Gasteiger charge is -2.16. The lowest BCUT2D eigenvalue weighted by atomic mass is 10.0. The molecule has 1 atom stereocenters. The number of hydrogen-bond acceptors (Lipinski definition) is 6. The normalized spacial score (nSPS) is 16.9. The second kappa shape index (κ2) is 9.98. The lowest BCUT2D eigenvalue weighted by Crippen LogP contribution is -2.24. The molecule has 0 aliphatic carbocycles. The maximum Gasteiger partial charge on any atom is 0.223 e. The van der Waals surface area contributed by atoms with Crippen molar-refractivity contribution in [1.29, 1.82) is 0 Å². The van der Waals surface area contributed by atoms with E-state index in [2.05, 4.69) is 51.4 Å². The molecule has 1 saturated heterocycles. The number of aryl methyl sites for hydroxylation is 1. The second-order valence-corrected chi connectivity index (χ2v) is 7.62. The molecule has 0 N–H and O–H groups in total. The minimum atomic E-state index is 0.325. The molecule has 1 unspecified atom stereocenters. The Kier molecular flexibility index (Phi) is 6.89. The highest BCUT2D eigenvalue weighted by molar-refractivity contribution is 5.67. The molecule has 0 radical (unpaired) electrons. The molecule has 0 saturated carbocycles. The van der Waals surface area contributed by atoms with Crippen molar-refractivity contribution in [3.05, 3.63) is 60.0 Å².